The maximum absolute atomic E-state index is 5.42. The summed E-state index contributed by atoms with van der Waals surface area (Å²) < 4.78 is 0. The quantitative estimate of drug-likeness (QED) is 0.469. The molecule has 0 saturated heterocycles. The normalized spacial score (nSPS) is 9.57. The molecule has 7 heavy (non-hydrogen) atoms. The van der Waals surface area contributed by atoms with Crippen molar-refractivity contribution in [2.75, 3.05) is 0 Å². The summed E-state index contributed by atoms with van der Waals surface area (Å²) in [5.74, 6) is 0. The average Bonchev–Trinajstić information content (AvgIpc) is 1.35. The van der Waals surface area contributed by atoms with E-state index in [2.05, 4.69) is 6.58 Å². The Morgan fingerprint density at radius 3 is 1.71 bits per heavy atom. The Morgan fingerprint density at radius 1 is 1.57 bits per heavy atom. The monoisotopic (exact) mass is 103 g/mol. The summed E-state index contributed by atoms with van der Waals surface area (Å²) in [6.45, 7) is 7.31. The minimum Gasteiger partial charge on any atom is -0.412 e. The van der Waals surface area contributed by atoms with Gasteiger partial charge in [-0.1, -0.05) is 6.08 Å². The van der Waals surface area contributed by atoms with Gasteiger partial charge in [-0.05, 0) is 13.8 Å². The van der Waals surface area contributed by atoms with E-state index in [9.17, 15) is 0 Å². The van der Waals surface area contributed by atoms with Crippen LogP contribution in [0.5, 0.6) is 0 Å². The van der Waals surface area contributed by atoms with E-state index in [-0.39, 0.29) is 11.0 Å². The van der Waals surface area contributed by atoms with E-state index < -0.39 is 0 Å². The molecule has 0 atom stereocenters. The lowest BCUT2D eigenvalue weighted by molar-refractivity contribution is 0.656. The molecule has 0 unspecified atom stereocenters. The van der Waals surface area contributed by atoms with Crippen LogP contribution in [0.15, 0.2) is 12.7 Å². The Balaban J connectivity index is 0. The van der Waals surface area contributed by atoms with Crippen molar-refractivity contribution in [2.24, 2.45) is 5.73 Å². The number of hydrogen-bond acceptors (Lipinski definition) is 1. The van der Waals surface area contributed by atoms with Crippen molar-refractivity contribution in [1.82, 2.24) is 0 Å². The van der Waals surface area contributed by atoms with Crippen LogP contribution in [0.4, 0.5) is 0 Å². The van der Waals surface area contributed by atoms with Crippen molar-refractivity contribution in [3.8, 4) is 0 Å². The highest BCUT2D eigenvalue weighted by Crippen LogP contribution is 1.93. The van der Waals surface area contributed by atoms with Crippen molar-refractivity contribution in [3.05, 3.63) is 12.7 Å². The van der Waals surface area contributed by atoms with Crippen LogP contribution in [0.1, 0.15) is 13.8 Å². The van der Waals surface area contributed by atoms with Crippen molar-refractivity contribution >= 4 is 0 Å². The molecule has 2 heteroatoms. The van der Waals surface area contributed by atoms with Crippen LogP contribution in [0.2, 0.25) is 0 Å². The van der Waals surface area contributed by atoms with Crippen molar-refractivity contribution < 1.29 is 5.48 Å². The first-order valence-corrected chi connectivity index (χ1v) is 1.99. The molecular weight excluding hydrogens is 90.1 g/mol. The van der Waals surface area contributed by atoms with E-state index in [1.165, 1.54) is 0 Å². The van der Waals surface area contributed by atoms with Crippen LogP contribution < -0.4 is 5.73 Å². The standard InChI is InChI=1S/C5H11N.H2O/c1-4-5(2,3)6;/h4H,1,6H2,2-3H3;1H2. The molecule has 0 bridgehead atoms. The predicted octanol–water partition coefficient (Wildman–Crippen LogP) is 0.0850. The summed E-state index contributed by atoms with van der Waals surface area (Å²) >= 11 is 0. The fourth-order valence-electron chi connectivity index (χ4n) is 0. The molecule has 0 radical (unpaired) electrons. The second kappa shape index (κ2) is 2.77. The van der Waals surface area contributed by atoms with Gasteiger partial charge in [-0.3, -0.25) is 0 Å². The largest absolute Gasteiger partial charge is 0.412 e. The average molecular weight is 103 g/mol. The van der Waals surface area contributed by atoms with E-state index in [4.69, 9.17) is 5.73 Å². The zero-order valence-corrected chi connectivity index (χ0v) is 4.86. The molecule has 0 aromatic rings. The Bertz CT molecular complexity index is 53.6. The van der Waals surface area contributed by atoms with E-state index in [1.807, 2.05) is 13.8 Å². The smallest absolute Gasteiger partial charge is 0.0279 e. The zero-order valence-electron chi connectivity index (χ0n) is 4.86. The lowest BCUT2D eigenvalue weighted by atomic mass is 10.1. The van der Waals surface area contributed by atoms with E-state index in [0.717, 1.165) is 0 Å². The van der Waals surface area contributed by atoms with Gasteiger partial charge in [-0.25, -0.2) is 0 Å². The van der Waals surface area contributed by atoms with E-state index in [1.54, 1.807) is 6.08 Å². The molecule has 2 nitrogen and oxygen atoms in total. The highest BCUT2D eigenvalue weighted by molar-refractivity contribution is 4.91. The number of nitrogens with two attached hydrogens (primary N) is 1. The summed E-state index contributed by atoms with van der Waals surface area (Å²) in [6, 6.07) is 0. The fraction of sp³-hybridized carbons (Fsp3) is 0.600. The minimum atomic E-state index is -0.194. The zero-order chi connectivity index (χ0) is 5.21. The Morgan fingerprint density at radius 2 is 1.71 bits per heavy atom. The third-order valence-corrected chi connectivity index (χ3v) is 0.526. The summed E-state index contributed by atoms with van der Waals surface area (Å²) in [7, 11) is 0. The molecule has 0 aliphatic heterocycles. The van der Waals surface area contributed by atoms with Gasteiger partial charge < -0.3 is 11.2 Å². The molecule has 0 spiro atoms. The molecule has 0 aromatic heterocycles. The Hall–Kier alpha value is -0.340. The second-order valence-corrected chi connectivity index (χ2v) is 2.03. The highest BCUT2D eigenvalue weighted by atomic mass is 16.0. The molecule has 0 saturated carbocycles. The van der Waals surface area contributed by atoms with Gasteiger partial charge in [0.1, 0.15) is 0 Å². The molecule has 0 rings (SSSR count). The van der Waals surface area contributed by atoms with Crippen LogP contribution >= 0.6 is 0 Å². The van der Waals surface area contributed by atoms with Crippen LogP contribution in [-0.2, 0) is 0 Å². The molecule has 0 fully saturated rings. The lowest BCUT2D eigenvalue weighted by Gasteiger charge is -2.08. The molecule has 0 aromatic carbocycles. The maximum atomic E-state index is 5.42. The third-order valence-electron chi connectivity index (χ3n) is 0.526. The van der Waals surface area contributed by atoms with Gasteiger partial charge in [0.15, 0.2) is 0 Å². The van der Waals surface area contributed by atoms with Crippen molar-refractivity contribution in [1.29, 1.82) is 0 Å². The van der Waals surface area contributed by atoms with Gasteiger partial charge in [0.2, 0.25) is 0 Å². The first kappa shape index (κ1) is 9.83. The molecule has 0 heterocycles. The van der Waals surface area contributed by atoms with Gasteiger partial charge >= 0.3 is 0 Å². The molecular formula is C5H13NO. The highest BCUT2D eigenvalue weighted by Gasteiger charge is 1.99. The van der Waals surface area contributed by atoms with Gasteiger partial charge in [0.25, 0.3) is 0 Å². The molecule has 4 N–H and O–H groups in total. The number of rotatable bonds is 1. The van der Waals surface area contributed by atoms with Gasteiger partial charge in [-0.15, -0.1) is 6.58 Å². The van der Waals surface area contributed by atoms with Gasteiger partial charge in [0, 0.05) is 5.54 Å². The summed E-state index contributed by atoms with van der Waals surface area (Å²) in [5.41, 5.74) is 5.22. The van der Waals surface area contributed by atoms with Crippen LogP contribution in [0.3, 0.4) is 0 Å². The van der Waals surface area contributed by atoms with Crippen molar-refractivity contribution in [3.63, 3.8) is 0 Å². The second-order valence-electron chi connectivity index (χ2n) is 2.03. The summed E-state index contributed by atoms with van der Waals surface area (Å²) in [4.78, 5) is 0. The van der Waals surface area contributed by atoms with Gasteiger partial charge in [0.05, 0.1) is 0 Å². The first-order valence-electron chi connectivity index (χ1n) is 1.99. The molecule has 0 amide bonds. The Kier molecular flexibility index (Phi) is 3.89. The molecule has 44 valence electrons. The number of hydrogen-bond donors (Lipinski definition) is 1. The summed E-state index contributed by atoms with van der Waals surface area (Å²) in [5, 5.41) is 0. The first-order chi connectivity index (χ1) is 2.56. The molecule has 0 aliphatic rings. The predicted molar refractivity (Wildman–Crippen MR) is 32.1 cm³/mol. The minimum absolute atomic E-state index is 0. The topological polar surface area (TPSA) is 57.5 Å². The van der Waals surface area contributed by atoms with Crippen LogP contribution in [0, 0.1) is 0 Å². The van der Waals surface area contributed by atoms with Crippen molar-refractivity contribution in [2.45, 2.75) is 19.4 Å². The maximum Gasteiger partial charge on any atom is 0.0279 e. The van der Waals surface area contributed by atoms with E-state index in [0.29, 0.717) is 0 Å². The van der Waals surface area contributed by atoms with Crippen LogP contribution in [-0.4, -0.2) is 11.0 Å². The van der Waals surface area contributed by atoms with Crippen LogP contribution in [0.25, 0.3) is 0 Å². The Labute approximate surface area is 44.3 Å². The third kappa shape index (κ3) is 10.7. The molecule has 0 aliphatic carbocycles. The lowest BCUT2D eigenvalue weighted by Crippen LogP contribution is -2.27. The van der Waals surface area contributed by atoms with Gasteiger partial charge in [-0.2, -0.15) is 0 Å². The SMILES string of the molecule is C=CC(C)(C)N.O. The van der Waals surface area contributed by atoms with E-state index >= 15 is 0 Å². The fourth-order valence-corrected chi connectivity index (χ4v) is 0. The summed E-state index contributed by atoms with van der Waals surface area (Å²) in [6.07, 6.45) is 1.72.